The summed E-state index contributed by atoms with van der Waals surface area (Å²) in [7, 11) is 0. The molecule has 0 spiro atoms. The number of hydrogen-bond donors (Lipinski definition) is 2. The molecule has 4 nitrogen and oxygen atoms in total. The highest BCUT2D eigenvalue weighted by Gasteiger charge is 2.33. The lowest BCUT2D eigenvalue weighted by Gasteiger charge is -2.08. The van der Waals surface area contributed by atoms with Crippen molar-refractivity contribution in [1.82, 2.24) is 0 Å². The maximum Gasteiger partial charge on any atom is 0.337 e. The maximum absolute atomic E-state index is 12.0. The Morgan fingerprint density at radius 1 is 1.00 bits per heavy atom. The lowest BCUT2D eigenvalue weighted by atomic mass is 9.96. The van der Waals surface area contributed by atoms with E-state index in [0.717, 1.165) is 11.1 Å². The number of benzene rings is 2. The van der Waals surface area contributed by atoms with Crippen molar-refractivity contribution < 1.29 is 19.7 Å². The van der Waals surface area contributed by atoms with Gasteiger partial charge in [0.25, 0.3) is 0 Å². The molecule has 1 aliphatic rings. The molecule has 2 aromatic rings. The minimum Gasteiger partial charge on any atom is -0.508 e. The molecule has 0 saturated carbocycles. The van der Waals surface area contributed by atoms with Crippen LogP contribution in [0.5, 0.6) is 5.75 Å². The predicted molar refractivity (Wildman–Crippen MR) is 77.3 cm³/mol. The largest absolute Gasteiger partial charge is 0.508 e. The number of cyclic esters (lactones) is 1. The molecule has 3 rings (SSSR count). The quantitative estimate of drug-likeness (QED) is 0.847. The average molecular weight is 282 g/mol. The smallest absolute Gasteiger partial charge is 0.337 e. The SMILES string of the molecule is O=C1O[C@H](O)C(c2ccccc2)=C1Cc1ccc(O)cc1. The van der Waals surface area contributed by atoms with Gasteiger partial charge in [-0.3, -0.25) is 0 Å². The van der Waals surface area contributed by atoms with E-state index in [9.17, 15) is 15.0 Å². The third kappa shape index (κ3) is 2.66. The van der Waals surface area contributed by atoms with Crippen LogP contribution in [0.3, 0.4) is 0 Å². The molecule has 0 bridgehead atoms. The van der Waals surface area contributed by atoms with Crippen molar-refractivity contribution in [2.24, 2.45) is 0 Å². The summed E-state index contributed by atoms with van der Waals surface area (Å²) >= 11 is 0. The fraction of sp³-hybridized carbons (Fsp3) is 0.118. The van der Waals surface area contributed by atoms with Crippen LogP contribution in [-0.2, 0) is 16.0 Å². The first-order valence-electron chi connectivity index (χ1n) is 6.60. The summed E-state index contributed by atoms with van der Waals surface area (Å²) in [6, 6.07) is 15.8. The highest BCUT2D eigenvalue weighted by molar-refractivity contribution is 6.02. The van der Waals surface area contributed by atoms with E-state index in [4.69, 9.17) is 4.74 Å². The molecule has 2 N–H and O–H groups in total. The third-order valence-corrected chi connectivity index (χ3v) is 3.44. The molecule has 0 radical (unpaired) electrons. The van der Waals surface area contributed by atoms with Gasteiger partial charge in [-0.1, -0.05) is 42.5 Å². The Labute approximate surface area is 121 Å². The van der Waals surface area contributed by atoms with E-state index in [2.05, 4.69) is 0 Å². The Morgan fingerprint density at radius 3 is 2.33 bits per heavy atom. The van der Waals surface area contributed by atoms with Gasteiger partial charge in [-0.05, 0) is 23.3 Å². The van der Waals surface area contributed by atoms with E-state index in [1.165, 1.54) is 0 Å². The van der Waals surface area contributed by atoms with Gasteiger partial charge in [0.05, 0.1) is 5.57 Å². The number of rotatable bonds is 3. The van der Waals surface area contributed by atoms with Crippen LogP contribution in [0.2, 0.25) is 0 Å². The Morgan fingerprint density at radius 2 is 1.67 bits per heavy atom. The summed E-state index contributed by atoms with van der Waals surface area (Å²) in [5.41, 5.74) is 2.58. The van der Waals surface area contributed by atoms with E-state index < -0.39 is 12.3 Å². The molecule has 0 saturated heterocycles. The Hall–Kier alpha value is -2.59. The summed E-state index contributed by atoms with van der Waals surface area (Å²) < 4.78 is 4.93. The van der Waals surface area contributed by atoms with E-state index in [0.29, 0.717) is 17.6 Å². The number of aliphatic hydroxyl groups is 1. The summed E-state index contributed by atoms with van der Waals surface area (Å²) in [6.45, 7) is 0. The molecule has 1 aliphatic heterocycles. The van der Waals surface area contributed by atoms with Crippen LogP contribution in [0.4, 0.5) is 0 Å². The number of ether oxygens (including phenoxy) is 1. The maximum atomic E-state index is 12.0. The number of aromatic hydroxyl groups is 1. The summed E-state index contributed by atoms with van der Waals surface area (Å²) in [5, 5.41) is 19.3. The zero-order chi connectivity index (χ0) is 14.8. The van der Waals surface area contributed by atoms with Gasteiger partial charge in [0.2, 0.25) is 6.29 Å². The van der Waals surface area contributed by atoms with Gasteiger partial charge in [-0.15, -0.1) is 0 Å². The minimum atomic E-state index is -1.23. The molecule has 0 aliphatic carbocycles. The first-order chi connectivity index (χ1) is 10.1. The summed E-state index contributed by atoms with van der Waals surface area (Å²) in [4.78, 5) is 12.0. The van der Waals surface area contributed by atoms with Gasteiger partial charge in [-0.2, -0.15) is 0 Å². The van der Waals surface area contributed by atoms with Crippen molar-refractivity contribution in [3.63, 3.8) is 0 Å². The van der Waals surface area contributed by atoms with E-state index in [1.54, 1.807) is 24.3 Å². The second kappa shape index (κ2) is 5.42. The topological polar surface area (TPSA) is 66.8 Å². The Kier molecular flexibility index (Phi) is 3.46. The number of aliphatic hydroxyl groups excluding tert-OH is 1. The first kappa shape index (κ1) is 13.4. The van der Waals surface area contributed by atoms with Crippen LogP contribution < -0.4 is 0 Å². The fourth-order valence-corrected chi connectivity index (χ4v) is 2.41. The van der Waals surface area contributed by atoms with Crippen LogP contribution in [0.25, 0.3) is 5.57 Å². The van der Waals surface area contributed by atoms with Crippen LogP contribution >= 0.6 is 0 Å². The summed E-state index contributed by atoms with van der Waals surface area (Å²) in [6.07, 6.45) is -0.882. The molecule has 2 aromatic carbocycles. The van der Waals surface area contributed by atoms with Crippen molar-refractivity contribution in [3.05, 3.63) is 71.3 Å². The average Bonchev–Trinajstić information content (AvgIpc) is 2.76. The highest BCUT2D eigenvalue weighted by Crippen LogP contribution is 2.32. The Balaban J connectivity index is 2.01. The van der Waals surface area contributed by atoms with Crippen molar-refractivity contribution in [3.8, 4) is 5.75 Å². The third-order valence-electron chi connectivity index (χ3n) is 3.44. The second-order valence-corrected chi connectivity index (χ2v) is 4.86. The van der Waals surface area contributed by atoms with Crippen molar-refractivity contribution in [2.75, 3.05) is 0 Å². The van der Waals surface area contributed by atoms with Gasteiger partial charge in [0.15, 0.2) is 0 Å². The molecule has 1 heterocycles. The predicted octanol–water partition coefficient (Wildman–Crippen LogP) is 2.26. The number of carbonyl (C=O) groups is 1. The van der Waals surface area contributed by atoms with E-state index >= 15 is 0 Å². The van der Waals surface area contributed by atoms with Gasteiger partial charge in [0.1, 0.15) is 5.75 Å². The van der Waals surface area contributed by atoms with Crippen molar-refractivity contribution >= 4 is 11.5 Å². The molecular weight excluding hydrogens is 268 g/mol. The normalized spacial score (nSPS) is 18.0. The second-order valence-electron chi connectivity index (χ2n) is 4.86. The van der Waals surface area contributed by atoms with E-state index in [-0.39, 0.29) is 5.75 Å². The lowest BCUT2D eigenvalue weighted by molar-refractivity contribution is -0.150. The molecule has 4 heteroatoms. The van der Waals surface area contributed by atoms with Gasteiger partial charge >= 0.3 is 5.97 Å². The first-order valence-corrected chi connectivity index (χ1v) is 6.60. The van der Waals surface area contributed by atoms with Crippen LogP contribution in [0, 0.1) is 0 Å². The molecule has 0 aromatic heterocycles. The van der Waals surface area contributed by atoms with Gasteiger partial charge in [-0.25, -0.2) is 4.79 Å². The fourth-order valence-electron chi connectivity index (χ4n) is 2.41. The molecule has 0 fully saturated rings. The van der Waals surface area contributed by atoms with Crippen LogP contribution in [0.1, 0.15) is 11.1 Å². The minimum absolute atomic E-state index is 0.171. The van der Waals surface area contributed by atoms with Crippen LogP contribution in [0.15, 0.2) is 60.2 Å². The molecular formula is C17H14O4. The number of carbonyl (C=O) groups excluding carboxylic acids is 1. The monoisotopic (exact) mass is 282 g/mol. The lowest BCUT2D eigenvalue weighted by Crippen LogP contribution is -2.09. The standard InChI is InChI=1S/C17H14O4/c18-13-8-6-11(7-9-13)10-14-15(17(20)21-16(14)19)12-4-2-1-3-5-12/h1-9,17-18,20H,10H2/t17-/m0/s1. The molecule has 21 heavy (non-hydrogen) atoms. The van der Waals surface area contributed by atoms with Gasteiger partial charge < -0.3 is 14.9 Å². The molecule has 106 valence electrons. The van der Waals surface area contributed by atoms with Gasteiger partial charge in [0, 0.05) is 12.0 Å². The zero-order valence-corrected chi connectivity index (χ0v) is 11.2. The van der Waals surface area contributed by atoms with E-state index in [1.807, 2.05) is 30.3 Å². The Bertz CT molecular complexity index is 686. The molecule has 1 atom stereocenters. The number of phenols is 1. The van der Waals surface area contributed by atoms with Crippen molar-refractivity contribution in [1.29, 1.82) is 0 Å². The molecule has 0 amide bonds. The molecule has 0 unspecified atom stereocenters. The number of esters is 1. The zero-order valence-electron chi connectivity index (χ0n) is 11.2. The van der Waals surface area contributed by atoms with Crippen LogP contribution in [-0.4, -0.2) is 22.5 Å². The summed E-state index contributed by atoms with van der Waals surface area (Å²) in [5.74, 6) is -0.334. The number of hydrogen-bond acceptors (Lipinski definition) is 4. The number of phenolic OH excluding ortho intramolecular Hbond substituents is 1. The van der Waals surface area contributed by atoms with Crippen molar-refractivity contribution in [2.45, 2.75) is 12.7 Å². The highest BCUT2D eigenvalue weighted by atomic mass is 16.6.